The van der Waals surface area contributed by atoms with E-state index in [-0.39, 0.29) is 38.6 Å². The molecule has 0 saturated carbocycles. The van der Waals surface area contributed by atoms with E-state index in [0.717, 1.165) is 0 Å². The maximum Gasteiger partial charge on any atom is 0.338 e. The highest BCUT2D eigenvalue weighted by Crippen LogP contribution is 2.11. The van der Waals surface area contributed by atoms with E-state index >= 15 is 0 Å². The number of ether oxygens (including phenoxy) is 4. The SMILES string of the molecule is O=C(OC[C@H]1CO[C@@H](COC(=O)c2ccccc2)CO1)c1ccccc1. The third-order valence-electron chi connectivity index (χ3n) is 3.86. The minimum absolute atomic E-state index is 0.115. The van der Waals surface area contributed by atoms with Gasteiger partial charge >= 0.3 is 11.9 Å². The normalized spacial score (nSPS) is 19.5. The number of hydrogen-bond donors (Lipinski definition) is 0. The first-order valence-corrected chi connectivity index (χ1v) is 8.40. The van der Waals surface area contributed by atoms with Crippen LogP contribution < -0.4 is 0 Å². The average molecular weight is 356 g/mol. The summed E-state index contributed by atoms with van der Waals surface area (Å²) in [6, 6.07) is 17.5. The topological polar surface area (TPSA) is 71.1 Å². The molecule has 6 heteroatoms. The standard InChI is InChI=1S/C20H20O6/c21-19(15-7-3-1-4-8-15)25-13-17-11-24-18(12-23-17)14-26-20(22)16-9-5-2-6-10-16/h1-10,17-18H,11-14H2/t17-,18-/m1/s1. The zero-order chi connectivity index (χ0) is 18.2. The van der Waals surface area contributed by atoms with Gasteiger partial charge in [0.2, 0.25) is 0 Å². The van der Waals surface area contributed by atoms with Crippen molar-refractivity contribution >= 4 is 11.9 Å². The van der Waals surface area contributed by atoms with Crippen molar-refractivity contribution in [2.24, 2.45) is 0 Å². The summed E-state index contributed by atoms with van der Waals surface area (Å²) in [6.07, 6.45) is -0.660. The molecule has 0 bridgehead atoms. The van der Waals surface area contributed by atoms with E-state index in [2.05, 4.69) is 0 Å². The quantitative estimate of drug-likeness (QED) is 0.741. The lowest BCUT2D eigenvalue weighted by Crippen LogP contribution is -2.41. The van der Waals surface area contributed by atoms with Crippen LogP contribution in [0, 0.1) is 0 Å². The molecule has 136 valence electrons. The van der Waals surface area contributed by atoms with E-state index < -0.39 is 11.9 Å². The van der Waals surface area contributed by atoms with Crippen LogP contribution in [-0.4, -0.2) is 50.6 Å². The van der Waals surface area contributed by atoms with Crippen molar-refractivity contribution in [3.63, 3.8) is 0 Å². The molecule has 0 aromatic heterocycles. The van der Waals surface area contributed by atoms with Crippen LogP contribution in [0.15, 0.2) is 60.7 Å². The second-order valence-corrected chi connectivity index (χ2v) is 5.84. The number of carbonyl (C=O) groups is 2. The van der Waals surface area contributed by atoms with E-state index in [9.17, 15) is 9.59 Å². The van der Waals surface area contributed by atoms with Crippen molar-refractivity contribution in [1.29, 1.82) is 0 Å². The van der Waals surface area contributed by atoms with Crippen LogP contribution >= 0.6 is 0 Å². The summed E-state index contributed by atoms with van der Waals surface area (Å²) in [5, 5.41) is 0. The third kappa shape index (κ3) is 5.15. The monoisotopic (exact) mass is 356 g/mol. The second kappa shape index (κ2) is 9.12. The predicted molar refractivity (Wildman–Crippen MR) is 92.9 cm³/mol. The van der Waals surface area contributed by atoms with Gasteiger partial charge in [0.15, 0.2) is 0 Å². The maximum absolute atomic E-state index is 11.9. The number of benzene rings is 2. The number of hydrogen-bond acceptors (Lipinski definition) is 6. The Morgan fingerprint density at radius 1 is 0.731 bits per heavy atom. The molecule has 0 amide bonds. The Kier molecular flexibility index (Phi) is 6.35. The summed E-state index contributed by atoms with van der Waals surface area (Å²) < 4.78 is 21.7. The third-order valence-corrected chi connectivity index (χ3v) is 3.86. The van der Waals surface area contributed by atoms with Crippen LogP contribution in [-0.2, 0) is 18.9 Å². The second-order valence-electron chi connectivity index (χ2n) is 5.84. The first kappa shape index (κ1) is 18.1. The van der Waals surface area contributed by atoms with Gasteiger partial charge in [-0.15, -0.1) is 0 Å². The smallest absolute Gasteiger partial charge is 0.338 e. The van der Waals surface area contributed by atoms with Gasteiger partial charge in [-0.25, -0.2) is 9.59 Å². The Bertz CT molecular complexity index is 644. The molecule has 0 unspecified atom stereocenters. The molecule has 0 radical (unpaired) electrons. The summed E-state index contributed by atoms with van der Waals surface area (Å²) in [5.74, 6) is -0.791. The first-order chi connectivity index (χ1) is 12.7. The van der Waals surface area contributed by atoms with Gasteiger partial charge in [0.1, 0.15) is 25.4 Å². The fourth-order valence-corrected chi connectivity index (χ4v) is 2.43. The molecule has 1 saturated heterocycles. The van der Waals surface area contributed by atoms with Crippen LogP contribution in [0.4, 0.5) is 0 Å². The van der Waals surface area contributed by atoms with Gasteiger partial charge in [0, 0.05) is 0 Å². The van der Waals surface area contributed by atoms with E-state index in [1.54, 1.807) is 48.5 Å². The van der Waals surface area contributed by atoms with E-state index in [4.69, 9.17) is 18.9 Å². The minimum Gasteiger partial charge on any atom is -0.459 e. The summed E-state index contributed by atoms with van der Waals surface area (Å²) >= 11 is 0. The van der Waals surface area contributed by atoms with Crippen LogP contribution in [0.2, 0.25) is 0 Å². The molecule has 1 aliphatic heterocycles. The highest BCUT2D eigenvalue weighted by atomic mass is 16.6. The highest BCUT2D eigenvalue weighted by Gasteiger charge is 2.25. The Balaban J connectivity index is 1.35. The Morgan fingerprint density at radius 3 is 1.46 bits per heavy atom. The van der Waals surface area contributed by atoms with Gasteiger partial charge < -0.3 is 18.9 Å². The average Bonchev–Trinajstić information content (AvgIpc) is 2.72. The van der Waals surface area contributed by atoms with Gasteiger partial charge in [-0.2, -0.15) is 0 Å². The molecular formula is C20H20O6. The Hall–Kier alpha value is -2.70. The first-order valence-electron chi connectivity index (χ1n) is 8.40. The van der Waals surface area contributed by atoms with Crippen LogP contribution in [0.3, 0.4) is 0 Å². The van der Waals surface area contributed by atoms with Crippen molar-refractivity contribution in [3.8, 4) is 0 Å². The van der Waals surface area contributed by atoms with Crippen molar-refractivity contribution in [3.05, 3.63) is 71.8 Å². The summed E-state index contributed by atoms with van der Waals surface area (Å²) in [4.78, 5) is 23.8. The zero-order valence-electron chi connectivity index (χ0n) is 14.2. The molecular weight excluding hydrogens is 336 g/mol. The molecule has 1 aliphatic rings. The largest absolute Gasteiger partial charge is 0.459 e. The van der Waals surface area contributed by atoms with Crippen molar-refractivity contribution in [2.75, 3.05) is 26.4 Å². The number of esters is 2. The van der Waals surface area contributed by atoms with Crippen LogP contribution in [0.25, 0.3) is 0 Å². The Labute approximate surface area is 151 Å². The molecule has 6 nitrogen and oxygen atoms in total. The van der Waals surface area contributed by atoms with Crippen LogP contribution in [0.1, 0.15) is 20.7 Å². The molecule has 2 atom stereocenters. The molecule has 0 N–H and O–H groups in total. The fourth-order valence-electron chi connectivity index (χ4n) is 2.43. The van der Waals surface area contributed by atoms with Gasteiger partial charge in [0.05, 0.1) is 24.3 Å². The van der Waals surface area contributed by atoms with Crippen molar-refractivity contribution in [2.45, 2.75) is 12.2 Å². The van der Waals surface area contributed by atoms with E-state index in [1.165, 1.54) is 0 Å². The lowest BCUT2D eigenvalue weighted by Gasteiger charge is -2.28. The van der Waals surface area contributed by atoms with Crippen molar-refractivity contribution in [1.82, 2.24) is 0 Å². The molecule has 0 aliphatic carbocycles. The molecule has 2 aromatic carbocycles. The molecule has 26 heavy (non-hydrogen) atoms. The lowest BCUT2D eigenvalue weighted by atomic mass is 10.2. The van der Waals surface area contributed by atoms with Gasteiger partial charge in [-0.05, 0) is 24.3 Å². The predicted octanol–water partition coefficient (Wildman–Crippen LogP) is 2.48. The summed E-state index contributed by atoms with van der Waals surface area (Å²) in [7, 11) is 0. The van der Waals surface area contributed by atoms with Gasteiger partial charge in [-0.3, -0.25) is 0 Å². The highest BCUT2D eigenvalue weighted by molar-refractivity contribution is 5.89. The van der Waals surface area contributed by atoms with Gasteiger partial charge in [-0.1, -0.05) is 36.4 Å². The molecule has 1 fully saturated rings. The maximum atomic E-state index is 11.9. The fraction of sp³-hybridized carbons (Fsp3) is 0.300. The lowest BCUT2D eigenvalue weighted by molar-refractivity contribution is -0.156. The zero-order valence-corrected chi connectivity index (χ0v) is 14.2. The molecule has 0 spiro atoms. The molecule has 2 aromatic rings. The van der Waals surface area contributed by atoms with Crippen LogP contribution in [0.5, 0.6) is 0 Å². The number of rotatable bonds is 6. The van der Waals surface area contributed by atoms with E-state index in [1.807, 2.05) is 12.1 Å². The summed E-state index contributed by atoms with van der Waals surface area (Å²) in [5.41, 5.74) is 0.991. The van der Waals surface area contributed by atoms with E-state index in [0.29, 0.717) is 11.1 Å². The van der Waals surface area contributed by atoms with Crippen molar-refractivity contribution < 1.29 is 28.5 Å². The molecule has 3 rings (SSSR count). The Morgan fingerprint density at radius 2 is 1.12 bits per heavy atom. The minimum atomic E-state index is -0.395. The number of carbonyl (C=O) groups excluding carboxylic acids is 2. The summed E-state index contributed by atoms with van der Waals surface area (Å²) in [6.45, 7) is 0.778. The molecule has 1 heterocycles. The van der Waals surface area contributed by atoms with Gasteiger partial charge in [0.25, 0.3) is 0 Å².